The van der Waals surface area contributed by atoms with Gasteiger partial charge < -0.3 is 10.5 Å². The molecule has 0 aliphatic carbocycles. The van der Waals surface area contributed by atoms with Crippen LogP contribution >= 0.6 is 11.8 Å². The van der Waals surface area contributed by atoms with Gasteiger partial charge in [-0.25, -0.2) is 0 Å². The van der Waals surface area contributed by atoms with Crippen molar-refractivity contribution in [2.75, 3.05) is 12.9 Å². The number of hydrogen-bond donors (Lipinski definition) is 1. The zero-order valence-corrected chi connectivity index (χ0v) is 7.78. The molecule has 0 aromatic carbocycles. The summed E-state index contributed by atoms with van der Waals surface area (Å²) in [4.78, 5) is 0. The molecule has 3 heteroatoms. The first-order valence-corrected chi connectivity index (χ1v) is 4.89. The summed E-state index contributed by atoms with van der Waals surface area (Å²) in [7, 11) is 0. The van der Waals surface area contributed by atoms with Crippen LogP contribution in [0, 0.1) is 0 Å². The van der Waals surface area contributed by atoms with Gasteiger partial charge in [-0.15, -0.1) is 11.8 Å². The Labute approximate surface area is 67.5 Å². The summed E-state index contributed by atoms with van der Waals surface area (Å²) in [5, 5.41) is 0. The number of thioether (sulfide) groups is 1. The maximum Gasteiger partial charge on any atom is 0.0997 e. The Morgan fingerprint density at radius 3 is 2.60 bits per heavy atom. The molecule has 0 rings (SSSR count). The Morgan fingerprint density at radius 1 is 1.60 bits per heavy atom. The molecule has 0 aliphatic heterocycles. The minimum Gasteiger partial charge on any atom is -0.366 e. The number of hydrogen-bond acceptors (Lipinski definition) is 3. The zero-order valence-electron chi connectivity index (χ0n) is 6.96. The van der Waals surface area contributed by atoms with Crippen LogP contribution in [-0.4, -0.2) is 24.3 Å². The van der Waals surface area contributed by atoms with Gasteiger partial charge in [0.15, 0.2) is 0 Å². The van der Waals surface area contributed by atoms with Crippen molar-refractivity contribution in [3.63, 3.8) is 0 Å². The fourth-order valence-corrected chi connectivity index (χ4v) is 0.660. The summed E-state index contributed by atoms with van der Waals surface area (Å²) in [5.74, 6) is 0. The number of nitrogens with two attached hydrogens (primary N) is 1. The van der Waals surface area contributed by atoms with E-state index in [9.17, 15) is 0 Å². The highest BCUT2D eigenvalue weighted by molar-refractivity contribution is 7.99. The molecule has 2 unspecified atom stereocenters. The second-order valence-electron chi connectivity index (χ2n) is 2.30. The Kier molecular flexibility index (Phi) is 6.17. The summed E-state index contributed by atoms with van der Waals surface area (Å²) in [6, 6.07) is 0.203. The summed E-state index contributed by atoms with van der Waals surface area (Å²) >= 11 is 1.70. The average Bonchev–Trinajstić information content (AvgIpc) is 1.99. The summed E-state index contributed by atoms with van der Waals surface area (Å²) in [5.41, 5.74) is 5.92. The van der Waals surface area contributed by atoms with E-state index in [-0.39, 0.29) is 11.5 Å². The molecule has 0 radical (unpaired) electrons. The molecule has 0 bridgehead atoms. The van der Waals surface area contributed by atoms with E-state index < -0.39 is 0 Å². The average molecular weight is 163 g/mol. The van der Waals surface area contributed by atoms with Gasteiger partial charge in [0.25, 0.3) is 0 Å². The lowest BCUT2D eigenvalue weighted by atomic mass is 10.3. The molecule has 0 aliphatic rings. The van der Waals surface area contributed by atoms with Gasteiger partial charge in [0, 0.05) is 6.04 Å². The van der Waals surface area contributed by atoms with Gasteiger partial charge in [0.2, 0.25) is 0 Å². The highest BCUT2D eigenvalue weighted by Crippen LogP contribution is 2.06. The molecular formula is C7H17NOS. The first-order valence-electron chi connectivity index (χ1n) is 3.60. The van der Waals surface area contributed by atoms with Gasteiger partial charge >= 0.3 is 0 Å². The van der Waals surface area contributed by atoms with Gasteiger partial charge in [-0.2, -0.15) is 0 Å². The highest BCUT2D eigenvalue weighted by Gasteiger charge is 2.02. The van der Waals surface area contributed by atoms with Crippen LogP contribution in [0.15, 0.2) is 0 Å². The van der Waals surface area contributed by atoms with Gasteiger partial charge in [-0.05, 0) is 19.6 Å². The normalized spacial score (nSPS) is 16.8. The van der Waals surface area contributed by atoms with Crippen molar-refractivity contribution >= 4 is 11.8 Å². The van der Waals surface area contributed by atoms with Gasteiger partial charge in [-0.1, -0.05) is 6.92 Å². The monoisotopic (exact) mass is 163 g/mol. The molecule has 10 heavy (non-hydrogen) atoms. The summed E-state index contributed by atoms with van der Waals surface area (Å²) < 4.78 is 5.38. The minimum absolute atomic E-state index is 0.203. The van der Waals surface area contributed by atoms with Crippen molar-refractivity contribution in [2.45, 2.75) is 31.7 Å². The van der Waals surface area contributed by atoms with E-state index in [1.807, 2.05) is 13.2 Å². The van der Waals surface area contributed by atoms with Crippen molar-refractivity contribution in [1.29, 1.82) is 0 Å². The number of rotatable bonds is 5. The molecule has 2 N–H and O–H groups in total. The van der Waals surface area contributed by atoms with E-state index in [2.05, 4.69) is 6.92 Å². The predicted molar refractivity (Wildman–Crippen MR) is 47.2 cm³/mol. The Hall–Kier alpha value is 0.270. The predicted octanol–water partition coefficient (Wildman–Crippen LogP) is 1.45. The molecule has 62 valence electrons. The summed E-state index contributed by atoms with van der Waals surface area (Å²) in [6.45, 7) is 4.78. The van der Waals surface area contributed by atoms with E-state index in [0.717, 1.165) is 6.42 Å². The van der Waals surface area contributed by atoms with Gasteiger partial charge in [0.1, 0.15) is 0 Å². The maximum absolute atomic E-state index is 5.64. The molecule has 0 saturated heterocycles. The molecule has 0 aromatic rings. The van der Waals surface area contributed by atoms with Crippen LogP contribution in [0.5, 0.6) is 0 Å². The second kappa shape index (κ2) is 6.01. The van der Waals surface area contributed by atoms with E-state index in [4.69, 9.17) is 10.5 Å². The molecule has 0 saturated carbocycles. The molecule has 0 aromatic heterocycles. The maximum atomic E-state index is 5.64. The first kappa shape index (κ1) is 10.3. The Morgan fingerprint density at radius 2 is 2.20 bits per heavy atom. The topological polar surface area (TPSA) is 35.2 Å². The fourth-order valence-electron chi connectivity index (χ4n) is 0.445. The molecule has 2 nitrogen and oxygen atoms in total. The standard InChI is InChI=1S/C7H17NOS/c1-4-7(8)5-9-6(2)10-3/h6-7H,4-5,8H2,1-3H3. The molecule has 0 fully saturated rings. The third-order valence-corrected chi connectivity index (χ3v) is 2.20. The van der Waals surface area contributed by atoms with Crippen LogP contribution in [0.4, 0.5) is 0 Å². The van der Waals surface area contributed by atoms with Gasteiger partial charge in [-0.3, -0.25) is 0 Å². The fraction of sp³-hybridized carbons (Fsp3) is 1.00. The van der Waals surface area contributed by atoms with Crippen LogP contribution in [0.3, 0.4) is 0 Å². The largest absolute Gasteiger partial charge is 0.366 e. The van der Waals surface area contributed by atoms with Crippen LogP contribution in [0.2, 0.25) is 0 Å². The third kappa shape index (κ3) is 5.09. The lowest BCUT2D eigenvalue weighted by Gasteiger charge is -2.13. The Bertz CT molecular complexity index is 70.0. The second-order valence-corrected chi connectivity index (χ2v) is 3.44. The van der Waals surface area contributed by atoms with E-state index >= 15 is 0 Å². The molecule has 0 amide bonds. The van der Waals surface area contributed by atoms with Crippen molar-refractivity contribution < 1.29 is 4.74 Å². The molecule has 0 heterocycles. The molecular weight excluding hydrogens is 146 g/mol. The third-order valence-electron chi connectivity index (χ3n) is 1.40. The van der Waals surface area contributed by atoms with Crippen LogP contribution in [-0.2, 0) is 4.74 Å². The highest BCUT2D eigenvalue weighted by atomic mass is 32.2. The summed E-state index contributed by atoms with van der Waals surface area (Å²) in [6.07, 6.45) is 3.02. The van der Waals surface area contributed by atoms with E-state index in [0.29, 0.717) is 6.61 Å². The van der Waals surface area contributed by atoms with Crippen LogP contribution in [0.25, 0.3) is 0 Å². The lowest BCUT2D eigenvalue weighted by Crippen LogP contribution is -2.26. The van der Waals surface area contributed by atoms with E-state index in [1.54, 1.807) is 11.8 Å². The van der Waals surface area contributed by atoms with Gasteiger partial charge in [0.05, 0.1) is 12.0 Å². The SMILES string of the molecule is CCC(N)COC(C)SC. The van der Waals surface area contributed by atoms with Crippen molar-refractivity contribution in [3.8, 4) is 0 Å². The smallest absolute Gasteiger partial charge is 0.0997 e. The lowest BCUT2D eigenvalue weighted by molar-refractivity contribution is 0.110. The number of ether oxygens (including phenoxy) is 1. The minimum atomic E-state index is 0.203. The molecule has 2 atom stereocenters. The van der Waals surface area contributed by atoms with Crippen LogP contribution in [0.1, 0.15) is 20.3 Å². The van der Waals surface area contributed by atoms with Crippen molar-refractivity contribution in [1.82, 2.24) is 0 Å². The van der Waals surface area contributed by atoms with E-state index in [1.165, 1.54) is 0 Å². The Balaban J connectivity index is 3.17. The molecule has 0 spiro atoms. The first-order chi connectivity index (χ1) is 4.70. The van der Waals surface area contributed by atoms with Crippen molar-refractivity contribution in [3.05, 3.63) is 0 Å². The van der Waals surface area contributed by atoms with Crippen LogP contribution < -0.4 is 5.73 Å². The zero-order chi connectivity index (χ0) is 7.98. The van der Waals surface area contributed by atoms with Crippen molar-refractivity contribution in [2.24, 2.45) is 5.73 Å². The quantitative estimate of drug-likeness (QED) is 0.623.